The van der Waals surface area contributed by atoms with E-state index in [4.69, 9.17) is 4.74 Å². The molecule has 0 saturated carbocycles. The van der Waals surface area contributed by atoms with Crippen molar-refractivity contribution in [2.75, 3.05) is 13.2 Å². The zero-order valence-corrected chi connectivity index (χ0v) is 11.5. The second-order valence-electron chi connectivity index (χ2n) is 5.06. The third kappa shape index (κ3) is 8.23. The van der Waals surface area contributed by atoms with E-state index < -0.39 is 0 Å². The lowest BCUT2D eigenvalue weighted by atomic mass is 10.1. The number of aliphatic imine (C=N–C) groups is 1. The number of hydrogen-bond donors (Lipinski definition) is 0. The lowest BCUT2D eigenvalue weighted by Crippen LogP contribution is -2.13. The Bertz CT molecular complexity index is 201. The minimum absolute atomic E-state index is 0.885. The number of hydrogen-bond acceptors (Lipinski definition) is 2. The van der Waals surface area contributed by atoms with E-state index in [9.17, 15) is 0 Å². The highest BCUT2D eigenvalue weighted by molar-refractivity contribution is 5.76. The number of ether oxygens (including phenoxy) is 1. The minimum Gasteiger partial charge on any atom is -0.481 e. The van der Waals surface area contributed by atoms with Crippen molar-refractivity contribution in [2.45, 2.75) is 77.6 Å². The molecule has 1 aliphatic rings. The maximum Gasteiger partial charge on any atom is 0.183 e. The molecule has 0 radical (unpaired) electrons. The van der Waals surface area contributed by atoms with Crippen LogP contribution in [0.4, 0.5) is 0 Å². The first kappa shape index (κ1) is 14.5. The summed E-state index contributed by atoms with van der Waals surface area (Å²) in [6, 6.07) is 0. The van der Waals surface area contributed by atoms with Gasteiger partial charge in [-0.05, 0) is 6.42 Å². The molecule has 1 heterocycles. The molecule has 0 aliphatic carbocycles. The van der Waals surface area contributed by atoms with Crippen molar-refractivity contribution in [3.63, 3.8) is 0 Å². The van der Waals surface area contributed by atoms with Crippen molar-refractivity contribution in [1.82, 2.24) is 0 Å². The molecule has 0 aromatic carbocycles. The van der Waals surface area contributed by atoms with Crippen molar-refractivity contribution in [3.05, 3.63) is 0 Å². The second kappa shape index (κ2) is 10.6. The molecule has 0 saturated heterocycles. The summed E-state index contributed by atoms with van der Waals surface area (Å²) in [7, 11) is 0. The average Bonchev–Trinajstić information content (AvgIpc) is 2.38. The van der Waals surface area contributed by atoms with Crippen LogP contribution in [0.25, 0.3) is 0 Å². The fourth-order valence-corrected chi connectivity index (χ4v) is 2.24. The van der Waals surface area contributed by atoms with E-state index in [1.165, 1.54) is 57.8 Å². The van der Waals surface area contributed by atoms with Crippen LogP contribution < -0.4 is 0 Å². The fraction of sp³-hybridized carbons (Fsp3) is 0.933. The van der Waals surface area contributed by atoms with E-state index in [2.05, 4.69) is 11.9 Å². The van der Waals surface area contributed by atoms with Crippen LogP contribution in [0.5, 0.6) is 0 Å². The van der Waals surface area contributed by atoms with Gasteiger partial charge in [-0.15, -0.1) is 0 Å². The minimum atomic E-state index is 0.885. The Balaban J connectivity index is 1.79. The van der Waals surface area contributed by atoms with Crippen molar-refractivity contribution in [1.29, 1.82) is 0 Å². The predicted octanol–water partition coefficient (Wildman–Crippen LogP) is 4.73. The SMILES string of the molecule is CCCCCCCCCCCC1=NCCCO1. The highest BCUT2D eigenvalue weighted by atomic mass is 16.5. The Morgan fingerprint density at radius 3 is 2.18 bits per heavy atom. The lowest BCUT2D eigenvalue weighted by Gasteiger charge is -2.13. The quantitative estimate of drug-likeness (QED) is 0.505. The van der Waals surface area contributed by atoms with Crippen molar-refractivity contribution < 1.29 is 4.74 Å². The first-order valence-corrected chi connectivity index (χ1v) is 7.59. The van der Waals surface area contributed by atoms with Gasteiger partial charge in [0.2, 0.25) is 0 Å². The molecule has 0 aromatic rings. The Morgan fingerprint density at radius 1 is 0.941 bits per heavy atom. The average molecular weight is 239 g/mol. The van der Waals surface area contributed by atoms with Crippen molar-refractivity contribution in [2.24, 2.45) is 4.99 Å². The molecule has 0 bridgehead atoms. The molecule has 1 aliphatic heterocycles. The Hall–Kier alpha value is -0.530. The van der Waals surface area contributed by atoms with Crippen LogP contribution in [-0.2, 0) is 4.74 Å². The van der Waals surface area contributed by atoms with Gasteiger partial charge in [0.25, 0.3) is 0 Å². The Kier molecular flexibility index (Phi) is 9.07. The van der Waals surface area contributed by atoms with Crippen molar-refractivity contribution >= 4 is 5.90 Å². The van der Waals surface area contributed by atoms with Gasteiger partial charge in [0.15, 0.2) is 5.90 Å². The van der Waals surface area contributed by atoms with Gasteiger partial charge in [0, 0.05) is 19.4 Å². The van der Waals surface area contributed by atoms with E-state index in [-0.39, 0.29) is 0 Å². The second-order valence-corrected chi connectivity index (χ2v) is 5.06. The summed E-state index contributed by atoms with van der Waals surface area (Å²) in [5.74, 6) is 1.01. The van der Waals surface area contributed by atoms with Crippen LogP contribution in [0.15, 0.2) is 4.99 Å². The Labute approximate surface area is 107 Å². The first-order chi connectivity index (χ1) is 8.43. The standard InChI is InChI=1S/C15H29NO/c1-2-3-4-5-6-7-8-9-10-12-15-16-13-11-14-17-15/h2-14H2,1H3. The fourth-order valence-electron chi connectivity index (χ4n) is 2.24. The molecule has 100 valence electrons. The molecular weight excluding hydrogens is 210 g/mol. The molecule has 2 nitrogen and oxygen atoms in total. The zero-order chi connectivity index (χ0) is 12.2. The van der Waals surface area contributed by atoms with Gasteiger partial charge in [-0.1, -0.05) is 58.3 Å². The molecule has 0 amide bonds. The molecule has 0 spiro atoms. The summed E-state index contributed by atoms with van der Waals surface area (Å²) in [5, 5.41) is 0. The molecule has 2 heteroatoms. The smallest absolute Gasteiger partial charge is 0.183 e. The molecule has 0 N–H and O–H groups in total. The van der Waals surface area contributed by atoms with E-state index in [0.29, 0.717) is 0 Å². The van der Waals surface area contributed by atoms with Gasteiger partial charge in [0.05, 0.1) is 6.61 Å². The normalized spacial score (nSPS) is 15.5. The highest BCUT2D eigenvalue weighted by Gasteiger charge is 2.04. The molecule has 0 atom stereocenters. The maximum atomic E-state index is 5.50. The summed E-state index contributed by atoms with van der Waals surface area (Å²) in [6.45, 7) is 4.14. The van der Waals surface area contributed by atoms with E-state index in [1.54, 1.807) is 0 Å². The molecule has 0 fully saturated rings. The molecular formula is C15H29NO. The van der Waals surface area contributed by atoms with E-state index >= 15 is 0 Å². The summed E-state index contributed by atoms with van der Waals surface area (Å²) in [6.07, 6.45) is 14.6. The van der Waals surface area contributed by atoms with Gasteiger partial charge in [-0.25, -0.2) is 0 Å². The summed E-state index contributed by atoms with van der Waals surface area (Å²) >= 11 is 0. The van der Waals surface area contributed by atoms with Crippen LogP contribution in [0.1, 0.15) is 77.6 Å². The first-order valence-electron chi connectivity index (χ1n) is 7.59. The van der Waals surface area contributed by atoms with Gasteiger partial charge >= 0.3 is 0 Å². The van der Waals surface area contributed by atoms with Crippen LogP contribution in [0, 0.1) is 0 Å². The largest absolute Gasteiger partial charge is 0.481 e. The van der Waals surface area contributed by atoms with Crippen LogP contribution in [0.2, 0.25) is 0 Å². The summed E-state index contributed by atoms with van der Waals surface area (Å²) < 4.78 is 5.50. The van der Waals surface area contributed by atoms with Gasteiger partial charge in [-0.2, -0.15) is 0 Å². The predicted molar refractivity (Wildman–Crippen MR) is 74.7 cm³/mol. The van der Waals surface area contributed by atoms with Crippen molar-refractivity contribution in [3.8, 4) is 0 Å². The summed E-state index contributed by atoms with van der Waals surface area (Å²) in [4.78, 5) is 4.39. The van der Waals surface area contributed by atoms with Crippen LogP contribution in [-0.4, -0.2) is 19.0 Å². The third-order valence-electron chi connectivity index (χ3n) is 3.35. The molecule has 0 unspecified atom stereocenters. The van der Waals surface area contributed by atoms with Gasteiger partial charge in [-0.3, -0.25) is 4.99 Å². The van der Waals surface area contributed by atoms with Crippen LogP contribution in [0.3, 0.4) is 0 Å². The van der Waals surface area contributed by atoms with Gasteiger partial charge < -0.3 is 4.74 Å². The lowest BCUT2D eigenvalue weighted by molar-refractivity contribution is 0.272. The Morgan fingerprint density at radius 2 is 1.59 bits per heavy atom. The number of nitrogens with zero attached hydrogens (tertiary/aromatic N) is 1. The molecule has 17 heavy (non-hydrogen) atoms. The maximum absolute atomic E-state index is 5.50. The number of rotatable bonds is 10. The highest BCUT2D eigenvalue weighted by Crippen LogP contribution is 2.11. The molecule has 1 rings (SSSR count). The van der Waals surface area contributed by atoms with E-state index in [1.807, 2.05) is 0 Å². The third-order valence-corrected chi connectivity index (χ3v) is 3.35. The topological polar surface area (TPSA) is 21.6 Å². The summed E-state index contributed by atoms with van der Waals surface area (Å²) in [5.41, 5.74) is 0. The van der Waals surface area contributed by atoms with Gasteiger partial charge in [0.1, 0.15) is 0 Å². The molecule has 0 aromatic heterocycles. The zero-order valence-electron chi connectivity index (χ0n) is 11.5. The monoisotopic (exact) mass is 239 g/mol. The van der Waals surface area contributed by atoms with E-state index in [0.717, 1.165) is 31.9 Å². The number of unbranched alkanes of at least 4 members (excludes halogenated alkanes) is 8. The van der Waals surface area contributed by atoms with Crippen LogP contribution >= 0.6 is 0 Å².